The molecule has 1 saturated carbocycles. The molecule has 4 rings (SSSR count). The van der Waals surface area contributed by atoms with E-state index in [1.807, 2.05) is 0 Å². The number of carbonyl (C=O) groups excluding carboxylic acids is 3. The molecule has 2 fully saturated rings. The number of nitrogen functional groups attached to an aromatic ring is 1. The second-order valence-corrected chi connectivity index (χ2v) is 24.1. The Morgan fingerprint density at radius 3 is 2.26 bits per heavy atom. The number of phosphoric acid groups is 3. The SMILES string of the molecule is CCCCCC(O)CCC1C(O)CC(O)C1CCCCCCC(=O)SCCNC(=O)CCNC(=O)C(O)C(C)(C)COP(=O)(O)OP(=O)(O)OCC1OC(n2cnc3c(N)ncnc32)C(O)C1OP(=O)(O)O. The van der Waals surface area contributed by atoms with E-state index in [9.17, 15) is 73.2 Å². The van der Waals surface area contributed by atoms with Crippen molar-refractivity contribution < 1.29 is 95.8 Å². The van der Waals surface area contributed by atoms with Gasteiger partial charge in [-0.3, -0.25) is 32.5 Å². The van der Waals surface area contributed by atoms with Crippen molar-refractivity contribution in [2.24, 2.45) is 17.3 Å². The topological polar surface area (TPSA) is 424 Å². The molecule has 2 aromatic rings. The Morgan fingerprint density at radius 2 is 1.57 bits per heavy atom. The maximum Gasteiger partial charge on any atom is 0.481 e. The van der Waals surface area contributed by atoms with Crippen LogP contribution in [0, 0.1) is 17.3 Å². The molecule has 1 aliphatic heterocycles. The molecular formula is C41H72N7O20P3S. The summed E-state index contributed by atoms with van der Waals surface area (Å²) in [4.78, 5) is 88.7. The number of hydrogen-bond donors (Lipinski definition) is 12. The standard InChI is InChI=1S/C41H72N7O20P3S/c1-4-5-8-11-25(49)14-15-27-26(28(50)20-29(27)51)12-9-6-7-10-13-32(53)72-19-18-43-31(52)16-17-44-39(56)36(55)41(2,3)22-65-71(62,63)68-70(60,61)64-21-30-35(67-69(57,58)59)34(54)40(66-30)48-24-47-33-37(42)45-23-46-38(33)48/h23-30,34-36,40,49-51,54-55H,4-22H2,1-3H3,(H,43,52)(H,44,56)(H,60,61)(H,62,63)(H2,42,45,46)(H2,57,58,59). The van der Waals surface area contributed by atoms with Crippen molar-refractivity contribution in [3.8, 4) is 0 Å². The molecule has 27 nitrogen and oxygen atoms in total. The average molecular weight is 1110 g/mol. The van der Waals surface area contributed by atoms with E-state index >= 15 is 0 Å². The van der Waals surface area contributed by atoms with Gasteiger partial charge in [0.05, 0.1) is 37.9 Å². The number of fused-ring (bicyclic) bond motifs is 1. The van der Waals surface area contributed by atoms with Crippen molar-refractivity contribution in [2.45, 2.75) is 160 Å². The van der Waals surface area contributed by atoms with Gasteiger partial charge in [0.15, 0.2) is 22.8 Å². The second kappa shape index (κ2) is 28.5. The quantitative estimate of drug-likeness (QED) is 0.0359. The van der Waals surface area contributed by atoms with E-state index in [0.29, 0.717) is 37.9 Å². The molecule has 2 aliphatic rings. The third-order valence-corrected chi connectivity index (χ3v) is 16.5. The molecule has 0 radical (unpaired) electrons. The van der Waals surface area contributed by atoms with Crippen molar-refractivity contribution in [3.63, 3.8) is 0 Å². The van der Waals surface area contributed by atoms with Crippen LogP contribution in [0.15, 0.2) is 12.7 Å². The van der Waals surface area contributed by atoms with Crippen LogP contribution < -0.4 is 16.4 Å². The number of nitrogens with zero attached hydrogens (tertiary/aromatic N) is 4. The van der Waals surface area contributed by atoms with Crippen molar-refractivity contribution in [2.75, 3.05) is 37.8 Å². The molecule has 412 valence electrons. The first kappa shape index (κ1) is 62.0. The fraction of sp³-hybridized carbons (Fsp3) is 0.805. The van der Waals surface area contributed by atoms with E-state index in [0.717, 1.165) is 80.4 Å². The highest BCUT2D eigenvalue weighted by molar-refractivity contribution is 8.13. The van der Waals surface area contributed by atoms with Crippen molar-refractivity contribution in [3.05, 3.63) is 12.7 Å². The normalized spacial score (nSPS) is 25.2. The zero-order chi connectivity index (χ0) is 53.4. The van der Waals surface area contributed by atoms with Gasteiger partial charge < -0.3 is 66.2 Å². The zero-order valence-corrected chi connectivity index (χ0v) is 44.0. The lowest BCUT2D eigenvalue weighted by Gasteiger charge is -2.30. The predicted octanol–water partition coefficient (Wildman–Crippen LogP) is 2.08. The molecule has 0 aromatic carbocycles. The number of nitrogens with two attached hydrogens (primary N) is 1. The Kier molecular flexibility index (Phi) is 24.6. The summed E-state index contributed by atoms with van der Waals surface area (Å²) in [6.45, 7) is 2.53. The number of nitrogens with one attached hydrogen (secondary N) is 2. The summed E-state index contributed by atoms with van der Waals surface area (Å²) >= 11 is 1.09. The smallest absolute Gasteiger partial charge is 0.393 e. The first-order valence-electron chi connectivity index (χ1n) is 23.8. The number of ether oxygens (including phenoxy) is 1. The van der Waals surface area contributed by atoms with E-state index in [4.69, 9.17) is 19.5 Å². The van der Waals surface area contributed by atoms with Gasteiger partial charge in [-0.2, -0.15) is 4.31 Å². The average Bonchev–Trinajstić information content (AvgIpc) is 3.94. The number of phosphoric ester groups is 3. The molecule has 12 atom stereocenters. The van der Waals surface area contributed by atoms with Crippen LogP contribution in [0.4, 0.5) is 5.82 Å². The molecule has 1 saturated heterocycles. The van der Waals surface area contributed by atoms with Crippen LogP contribution in [-0.4, -0.2) is 156 Å². The van der Waals surface area contributed by atoms with Gasteiger partial charge in [0.2, 0.25) is 11.8 Å². The largest absolute Gasteiger partial charge is 0.481 e. The Morgan fingerprint density at radius 1 is 0.889 bits per heavy atom. The summed E-state index contributed by atoms with van der Waals surface area (Å²) < 4.78 is 62.5. The molecule has 12 unspecified atom stereocenters. The number of carbonyl (C=O) groups is 3. The highest BCUT2D eigenvalue weighted by Gasteiger charge is 2.50. The van der Waals surface area contributed by atoms with Crippen LogP contribution in [0.2, 0.25) is 0 Å². The number of thioether (sulfide) groups is 1. The lowest BCUT2D eigenvalue weighted by Crippen LogP contribution is -2.46. The highest BCUT2D eigenvalue weighted by Crippen LogP contribution is 2.61. The van der Waals surface area contributed by atoms with Crippen LogP contribution >= 0.6 is 35.2 Å². The molecule has 2 aromatic heterocycles. The maximum absolute atomic E-state index is 12.8. The molecule has 13 N–H and O–H groups in total. The van der Waals surface area contributed by atoms with E-state index in [-0.39, 0.29) is 59.5 Å². The number of aliphatic hydroxyl groups is 5. The molecule has 1 aliphatic carbocycles. The summed E-state index contributed by atoms with van der Waals surface area (Å²) in [5.74, 6) is -1.20. The van der Waals surface area contributed by atoms with Gasteiger partial charge in [-0.1, -0.05) is 71.1 Å². The molecular weight excluding hydrogens is 1040 g/mol. The van der Waals surface area contributed by atoms with E-state index in [1.54, 1.807) is 0 Å². The van der Waals surface area contributed by atoms with Gasteiger partial charge in [0, 0.05) is 37.1 Å². The third kappa shape index (κ3) is 19.9. The highest BCUT2D eigenvalue weighted by atomic mass is 32.2. The van der Waals surface area contributed by atoms with Crippen LogP contribution in [0.1, 0.15) is 117 Å². The minimum Gasteiger partial charge on any atom is -0.393 e. The maximum atomic E-state index is 12.8. The summed E-state index contributed by atoms with van der Waals surface area (Å²) in [7, 11) is -16.5. The van der Waals surface area contributed by atoms with Gasteiger partial charge in [-0.05, 0) is 50.4 Å². The van der Waals surface area contributed by atoms with E-state index in [2.05, 4.69) is 41.3 Å². The van der Waals surface area contributed by atoms with Crippen LogP contribution in [0.3, 0.4) is 0 Å². The minimum atomic E-state index is -5.60. The number of aromatic nitrogens is 4. The molecule has 3 heterocycles. The number of hydrogen-bond acceptors (Lipinski definition) is 21. The first-order valence-corrected chi connectivity index (χ1v) is 29.3. The molecule has 0 spiro atoms. The van der Waals surface area contributed by atoms with Crippen LogP contribution in [0.5, 0.6) is 0 Å². The van der Waals surface area contributed by atoms with Crippen molar-refractivity contribution in [1.29, 1.82) is 0 Å². The summed E-state index contributed by atoms with van der Waals surface area (Å²) in [6, 6.07) is 0. The predicted molar refractivity (Wildman–Crippen MR) is 258 cm³/mol. The van der Waals surface area contributed by atoms with Crippen molar-refractivity contribution >= 4 is 69.1 Å². The number of imidazole rings is 1. The Labute approximate surface area is 421 Å². The monoisotopic (exact) mass is 1110 g/mol. The Hall–Kier alpha value is -2.56. The number of aliphatic hydroxyl groups excluding tert-OH is 5. The van der Waals surface area contributed by atoms with E-state index < -0.39 is 96.8 Å². The van der Waals surface area contributed by atoms with Gasteiger partial charge >= 0.3 is 23.5 Å². The van der Waals surface area contributed by atoms with Crippen molar-refractivity contribution in [1.82, 2.24) is 30.2 Å². The summed E-state index contributed by atoms with van der Waals surface area (Å²) in [6.07, 6.45) is 1.45. The lowest BCUT2D eigenvalue weighted by molar-refractivity contribution is -0.137. The van der Waals surface area contributed by atoms with Gasteiger partial charge in [0.25, 0.3) is 0 Å². The fourth-order valence-corrected chi connectivity index (χ4v) is 12.1. The molecule has 31 heteroatoms. The molecule has 0 bridgehead atoms. The summed E-state index contributed by atoms with van der Waals surface area (Å²) in [5.41, 5.74) is 4.24. The van der Waals surface area contributed by atoms with Gasteiger partial charge in [-0.15, -0.1) is 0 Å². The summed E-state index contributed by atoms with van der Waals surface area (Å²) in [5, 5.41) is 58.0. The van der Waals surface area contributed by atoms with Crippen LogP contribution in [0.25, 0.3) is 11.2 Å². The molecule has 72 heavy (non-hydrogen) atoms. The Bertz CT molecular complexity index is 2210. The zero-order valence-electron chi connectivity index (χ0n) is 40.5. The second-order valence-electron chi connectivity index (χ2n) is 18.7. The number of amides is 2. The number of anilines is 1. The number of unbranched alkanes of at least 4 members (excludes halogenated alkanes) is 5. The minimum absolute atomic E-state index is 0.00556. The van der Waals surface area contributed by atoms with Crippen LogP contribution in [-0.2, 0) is 50.7 Å². The number of rotatable bonds is 33. The Balaban J connectivity index is 1.09. The lowest BCUT2D eigenvalue weighted by atomic mass is 9.84. The fourth-order valence-electron chi connectivity index (χ4n) is 8.51. The van der Waals surface area contributed by atoms with Gasteiger partial charge in [-0.25, -0.2) is 28.6 Å². The first-order chi connectivity index (χ1) is 33.7. The molecule has 2 amide bonds. The van der Waals surface area contributed by atoms with Gasteiger partial charge in [0.1, 0.15) is 36.3 Å². The van der Waals surface area contributed by atoms with E-state index in [1.165, 1.54) is 13.8 Å². The third-order valence-electron chi connectivity index (χ3n) is 12.4.